The predicted octanol–water partition coefficient (Wildman–Crippen LogP) is 1.89. The Labute approximate surface area is 94.4 Å². The summed E-state index contributed by atoms with van der Waals surface area (Å²) in [6.07, 6.45) is 0.972. The SMILES string of the molecule is COC(=O)CCCOc1ccc(C#N)cc1. The van der Waals surface area contributed by atoms with Crippen LogP contribution in [0, 0.1) is 11.3 Å². The van der Waals surface area contributed by atoms with Crippen molar-refractivity contribution in [3.8, 4) is 11.8 Å². The van der Waals surface area contributed by atoms with Gasteiger partial charge in [0.2, 0.25) is 0 Å². The van der Waals surface area contributed by atoms with E-state index >= 15 is 0 Å². The number of benzene rings is 1. The van der Waals surface area contributed by atoms with Gasteiger partial charge >= 0.3 is 5.97 Å². The van der Waals surface area contributed by atoms with Gasteiger partial charge in [0.1, 0.15) is 5.75 Å². The van der Waals surface area contributed by atoms with Crippen molar-refractivity contribution >= 4 is 5.97 Å². The number of nitrogens with zero attached hydrogens (tertiary/aromatic N) is 1. The molecular weight excluding hydrogens is 206 g/mol. The number of nitriles is 1. The molecule has 0 bridgehead atoms. The van der Waals surface area contributed by atoms with Crippen LogP contribution in [-0.2, 0) is 9.53 Å². The molecular formula is C12H13NO3. The first kappa shape index (κ1) is 12.1. The number of methoxy groups -OCH3 is 1. The molecule has 0 radical (unpaired) electrons. The topological polar surface area (TPSA) is 59.3 Å². The minimum absolute atomic E-state index is 0.233. The highest BCUT2D eigenvalue weighted by molar-refractivity contribution is 5.69. The molecule has 0 spiro atoms. The normalized spacial score (nSPS) is 9.25. The summed E-state index contributed by atoms with van der Waals surface area (Å²) in [5.74, 6) is 0.465. The van der Waals surface area contributed by atoms with E-state index in [9.17, 15) is 4.79 Å². The van der Waals surface area contributed by atoms with E-state index < -0.39 is 0 Å². The zero-order valence-electron chi connectivity index (χ0n) is 9.10. The van der Waals surface area contributed by atoms with Crippen molar-refractivity contribution in [1.29, 1.82) is 5.26 Å². The first-order valence-electron chi connectivity index (χ1n) is 4.96. The van der Waals surface area contributed by atoms with E-state index in [4.69, 9.17) is 10.00 Å². The first-order chi connectivity index (χ1) is 7.76. The van der Waals surface area contributed by atoms with E-state index in [1.807, 2.05) is 6.07 Å². The second-order valence-corrected chi connectivity index (χ2v) is 3.16. The Morgan fingerprint density at radius 2 is 2.06 bits per heavy atom. The average Bonchev–Trinajstić information content (AvgIpc) is 2.35. The van der Waals surface area contributed by atoms with Crippen LogP contribution in [-0.4, -0.2) is 19.7 Å². The van der Waals surface area contributed by atoms with E-state index in [-0.39, 0.29) is 5.97 Å². The Balaban J connectivity index is 2.27. The molecule has 1 aromatic rings. The summed E-state index contributed by atoms with van der Waals surface area (Å²) in [5.41, 5.74) is 0.599. The minimum Gasteiger partial charge on any atom is -0.494 e. The number of ether oxygens (including phenoxy) is 2. The fraction of sp³-hybridized carbons (Fsp3) is 0.333. The van der Waals surface area contributed by atoms with Crippen LogP contribution in [0.4, 0.5) is 0 Å². The molecule has 0 saturated carbocycles. The van der Waals surface area contributed by atoms with Gasteiger partial charge in [0.05, 0.1) is 25.3 Å². The van der Waals surface area contributed by atoms with Crippen LogP contribution in [0.1, 0.15) is 18.4 Å². The summed E-state index contributed by atoms with van der Waals surface area (Å²) in [5, 5.41) is 8.59. The maximum absolute atomic E-state index is 10.8. The predicted molar refractivity (Wildman–Crippen MR) is 57.9 cm³/mol. The third-order valence-corrected chi connectivity index (χ3v) is 2.01. The highest BCUT2D eigenvalue weighted by atomic mass is 16.5. The van der Waals surface area contributed by atoms with E-state index in [2.05, 4.69) is 4.74 Å². The molecule has 0 aliphatic carbocycles. The van der Waals surface area contributed by atoms with E-state index in [1.54, 1.807) is 24.3 Å². The molecule has 0 saturated heterocycles. The van der Waals surface area contributed by atoms with Crippen molar-refractivity contribution in [2.45, 2.75) is 12.8 Å². The summed E-state index contributed by atoms with van der Waals surface area (Å²) >= 11 is 0. The summed E-state index contributed by atoms with van der Waals surface area (Å²) in [6, 6.07) is 8.87. The second-order valence-electron chi connectivity index (χ2n) is 3.16. The maximum atomic E-state index is 10.8. The standard InChI is InChI=1S/C12H13NO3/c1-15-12(14)3-2-8-16-11-6-4-10(9-13)5-7-11/h4-7H,2-3,8H2,1H3. The van der Waals surface area contributed by atoms with Crippen LogP contribution in [0.3, 0.4) is 0 Å². The number of carbonyl (C=O) groups is 1. The summed E-state index contributed by atoms with van der Waals surface area (Å²) in [4.78, 5) is 10.8. The third-order valence-electron chi connectivity index (χ3n) is 2.01. The largest absolute Gasteiger partial charge is 0.494 e. The Morgan fingerprint density at radius 1 is 1.38 bits per heavy atom. The summed E-state index contributed by atoms with van der Waals surface area (Å²) in [7, 11) is 1.36. The number of hydrogen-bond donors (Lipinski definition) is 0. The maximum Gasteiger partial charge on any atom is 0.305 e. The highest BCUT2D eigenvalue weighted by Gasteiger charge is 2.00. The molecule has 0 aliphatic rings. The van der Waals surface area contributed by atoms with Gasteiger partial charge in [-0.05, 0) is 30.7 Å². The zero-order chi connectivity index (χ0) is 11.8. The molecule has 0 unspecified atom stereocenters. The van der Waals surface area contributed by atoms with Gasteiger partial charge in [-0.1, -0.05) is 0 Å². The number of rotatable bonds is 5. The molecule has 0 N–H and O–H groups in total. The van der Waals surface area contributed by atoms with Gasteiger partial charge in [-0.3, -0.25) is 4.79 Å². The van der Waals surface area contributed by atoms with Gasteiger partial charge in [-0.2, -0.15) is 5.26 Å². The third kappa shape index (κ3) is 4.01. The molecule has 0 aromatic heterocycles. The van der Waals surface area contributed by atoms with Crippen molar-refractivity contribution in [2.24, 2.45) is 0 Å². The number of esters is 1. The Kier molecular flexibility index (Phi) is 4.87. The van der Waals surface area contributed by atoms with Crippen molar-refractivity contribution in [1.82, 2.24) is 0 Å². The molecule has 0 atom stereocenters. The molecule has 1 aromatic carbocycles. The van der Waals surface area contributed by atoms with Gasteiger partial charge in [0, 0.05) is 6.42 Å². The van der Waals surface area contributed by atoms with Crippen LogP contribution in [0.2, 0.25) is 0 Å². The average molecular weight is 219 g/mol. The lowest BCUT2D eigenvalue weighted by molar-refractivity contribution is -0.140. The molecule has 4 heteroatoms. The molecule has 0 amide bonds. The second kappa shape index (κ2) is 6.46. The smallest absolute Gasteiger partial charge is 0.305 e. The van der Waals surface area contributed by atoms with E-state index in [0.717, 1.165) is 0 Å². The van der Waals surface area contributed by atoms with Crippen molar-refractivity contribution in [3.63, 3.8) is 0 Å². The minimum atomic E-state index is -0.233. The molecule has 0 fully saturated rings. The van der Waals surface area contributed by atoms with Gasteiger partial charge in [0.25, 0.3) is 0 Å². The molecule has 16 heavy (non-hydrogen) atoms. The molecule has 4 nitrogen and oxygen atoms in total. The lowest BCUT2D eigenvalue weighted by atomic mass is 10.2. The lowest BCUT2D eigenvalue weighted by Gasteiger charge is -2.05. The van der Waals surface area contributed by atoms with Crippen LogP contribution in [0.5, 0.6) is 5.75 Å². The van der Waals surface area contributed by atoms with E-state index in [0.29, 0.717) is 30.8 Å². The zero-order valence-corrected chi connectivity index (χ0v) is 9.10. The van der Waals surface area contributed by atoms with Crippen LogP contribution >= 0.6 is 0 Å². The highest BCUT2D eigenvalue weighted by Crippen LogP contribution is 2.11. The quantitative estimate of drug-likeness (QED) is 0.560. The van der Waals surface area contributed by atoms with Gasteiger partial charge in [-0.15, -0.1) is 0 Å². The van der Waals surface area contributed by atoms with Crippen LogP contribution in [0.15, 0.2) is 24.3 Å². The number of carbonyl (C=O) groups excluding carboxylic acids is 1. The molecule has 0 aliphatic heterocycles. The fourth-order valence-corrected chi connectivity index (χ4v) is 1.13. The van der Waals surface area contributed by atoms with Crippen LogP contribution in [0.25, 0.3) is 0 Å². The summed E-state index contributed by atoms with van der Waals surface area (Å²) in [6.45, 7) is 0.459. The number of hydrogen-bond acceptors (Lipinski definition) is 4. The Morgan fingerprint density at radius 3 is 2.62 bits per heavy atom. The monoisotopic (exact) mass is 219 g/mol. The first-order valence-corrected chi connectivity index (χ1v) is 4.96. The molecule has 0 heterocycles. The van der Waals surface area contributed by atoms with Crippen molar-refractivity contribution in [2.75, 3.05) is 13.7 Å². The van der Waals surface area contributed by atoms with Crippen molar-refractivity contribution in [3.05, 3.63) is 29.8 Å². The van der Waals surface area contributed by atoms with Gasteiger partial charge in [-0.25, -0.2) is 0 Å². The Hall–Kier alpha value is -2.02. The van der Waals surface area contributed by atoms with Crippen LogP contribution < -0.4 is 4.74 Å². The lowest BCUT2D eigenvalue weighted by Crippen LogP contribution is -2.04. The molecule has 84 valence electrons. The van der Waals surface area contributed by atoms with Gasteiger partial charge < -0.3 is 9.47 Å². The summed E-state index contributed by atoms with van der Waals surface area (Å²) < 4.78 is 9.89. The fourth-order valence-electron chi connectivity index (χ4n) is 1.13. The molecule has 1 rings (SSSR count). The van der Waals surface area contributed by atoms with Crippen molar-refractivity contribution < 1.29 is 14.3 Å². The van der Waals surface area contributed by atoms with E-state index in [1.165, 1.54) is 7.11 Å². The van der Waals surface area contributed by atoms with Gasteiger partial charge in [0.15, 0.2) is 0 Å². The Bertz CT molecular complexity index is 378.